The Kier molecular flexibility index (Phi) is 6.46. The molecule has 0 saturated heterocycles. The van der Waals surface area contributed by atoms with Crippen LogP contribution in [0.5, 0.6) is 0 Å². The highest BCUT2D eigenvalue weighted by Crippen LogP contribution is 2.25. The Hall–Kier alpha value is -0.780. The summed E-state index contributed by atoms with van der Waals surface area (Å²) >= 11 is 0. The number of hydrogen-bond acceptors (Lipinski definition) is 2. The molecular formula is C12H21F3N2O. The number of carbonyl (C=O) groups is 1. The molecule has 0 aromatic rings. The number of alkyl halides is 3. The maximum Gasteiger partial charge on any atom is 0.405 e. The molecule has 6 heteroatoms. The molecule has 2 N–H and O–H groups in total. The summed E-state index contributed by atoms with van der Waals surface area (Å²) in [6.07, 6.45) is 3.01. The Morgan fingerprint density at radius 1 is 1.17 bits per heavy atom. The summed E-state index contributed by atoms with van der Waals surface area (Å²) in [5, 5.41) is 4.72. The topological polar surface area (TPSA) is 41.1 Å². The van der Waals surface area contributed by atoms with Crippen molar-refractivity contribution < 1.29 is 18.0 Å². The fraction of sp³-hybridized carbons (Fsp3) is 0.917. The third-order valence-electron chi connectivity index (χ3n) is 3.23. The predicted octanol–water partition coefficient (Wildman–Crippen LogP) is 2.22. The second kappa shape index (κ2) is 7.61. The summed E-state index contributed by atoms with van der Waals surface area (Å²) in [5.41, 5.74) is 0. The molecule has 1 amide bonds. The van der Waals surface area contributed by atoms with Gasteiger partial charge in [0.15, 0.2) is 0 Å². The minimum absolute atomic E-state index is 0.0389. The number of halogens is 3. The molecule has 0 atom stereocenters. The van der Waals surface area contributed by atoms with Crippen molar-refractivity contribution in [2.75, 3.05) is 19.6 Å². The first-order chi connectivity index (χ1) is 8.47. The van der Waals surface area contributed by atoms with Crippen molar-refractivity contribution in [3.05, 3.63) is 0 Å². The Bertz CT molecular complexity index is 250. The number of rotatable bonds is 6. The highest BCUT2D eigenvalue weighted by atomic mass is 19.4. The standard InChI is InChI=1S/C12H21F3N2O/c13-12(14,15)9-17-11(18)8-16-7-6-10-4-2-1-3-5-10/h10,16H,1-9H2,(H,17,18). The molecule has 0 bridgehead atoms. The second-order valence-electron chi connectivity index (χ2n) is 4.86. The average molecular weight is 266 g/mol. The van der Waals surface area contributed by atoms with Crippen LogP contribution >= 0.6 is 0 Å². The van der Waals surface area contributed by atoms with Crippen LogP contribution in [0.1, 0.15) is 38.5 Å². The largest absolute Gasteiger partial charge is 0.405 e. The van der Waals surface area contributed by atoms with Gasteiger partial charge in [0.05, 0.1) is 6.54 Å². The molecule has 0 unspecified atom stereocenters. The van der Waals surface area contributed by atoms with Gasteiger partial charge in [-0.25, -0.2) is 0 Å². The summed E-state index contributed by atoms with van der Waals surface area (Å²) in [4.78, 5) is 11.1. The van der Waals surface area contributed by atoms with E-state index in [-0.39, 0.29) is 6.54 Å². The smallest absolute Gasteiger partial charge is 0.346 e. The van der Waals surface area contributed by atoms with Crippen LogP contribution < -0.4 is 10.6 Å². The summed E-state index contributed by atoms with van der Waals surface area (Å²) in [6, 6.07) is 0. The first kappa shape index (κ1) is 15.3. The zero-order valence-corrected chi connectivity index (χ0v) is 10.5. The van der Waals surface area contributed by atoms with Crippen molar-refractivity contribution in [3.63, 3.8) is 0 Å². The maximum absolute atomic E-state index is 11.8. The van der Waals surface area contributed by atoms with Gasteiger partial charge in [-0.05, 0) is 18.9 Å². The van der Waals surface area contributed by atoms with Crippen molar-refractivity contribution in [1.29, 1.82) is 0 Å². The van der Waals surface area contributed by atoms with Gasteiger partial charge in [-0.15, -0.1) is 0 Å². The number of carbonyl (C=O) groups excluding carboxylic acids is 1. The van der Waals surface area contributed by atoms with E-state index in [2.05, 4.69) is 5.32 Å². The number of amides is 1. The molecule has 1 aliphatic carbocycles. The lowest BCUT2D eigenvalue weighted by molar-refractivity contribution is -0.137. The van der Waals surface area contributed by atoms with Gasteiger partial charge in [-0.2, -0.15) is 13.2 Å². The molecule has 1 rings (SSSR count). The van der Waals surface area contributed by atoms with Crippen molar-refractivity contribution in [2.45, 2.75) is 44.7 Å². The molecule has 3 nitrogen and oxygen atoms in total. The van der Waals surface area contributed by atoms with Crippen LogP contribution in [0.15, 0.2) is 0 Å². The van der Waals surface area contributed by atoms with E-state index in [0.29, 0.717) is 12.5 Å². The monoisotopic (exact) mass is 266 g/mol. The van der Waals surface area contributed by atoms with Crippen molar-refractivity contribution in [1.82, 2.24) is 10.6 Å². The lowest BCUT2D eigenvalue weighted by atomic mass is 9.87. The van der Waals surface area contributed by atoms with Crippen LogP contribution in [0.3, 0.4) is 0 Å². The van der Waals surface area contributed by atoms with Crippen molar-refractivity contribution >= 4 is 5.91 Å². The SMILES string of the molecule is O=C(CNCCC1CCCCC1)NCC(F)(F)F. The molecule has 0 aliphatic heterocycles. The Morgan fingerprint density at radius 2 is 1.83 bits per heavy atom. The summed E-state index contributed by atoms with van der Waals surface area (Å²) in [7, 11) is 0. The van der Waals surface area contributed by atoms with Crippen LogP contribution in [0.25, 0.3) is 0 Å². The van der Waals surface area contributed by atoms with Gasteiger partial charge >= 0.3 is 6.18 Å². The van der Waals surface area contributed by atoms with E-state index >= 15 is 0 Å². The number of nitrogens with one attached hydrogen (secondary N) is 2. The summed E-state index contributed by atoms with van der Waals surface area (Å²) in [5.74, 6) is 0.112. The van der Waals surface area contributed by atoms with Gasteiger partial charge < -0.3 is 10.6 Å². The first-order valence-corrected chi connectivity index (χ1v) is 6.51. The highest BCUT2D eigenvalue weighted by molar-refractivity contribution is 5.77. The van der Waals surface area contributed by atoms with E-state index in [4.69, 9.17) is 0 Å². The molecule has 18 heavy (non-hydrogen) atoms. The van der Waals surface area contributed by atoms with E-state index in [0.717, 1.165) is 6.42 Å². The molecule has 106 valence electrons. The van der Waals surface area contributed by atoms with Crippen molar-refractivity contribution in [3.8, 4) is 0 Å². The zero-order chi connectivity index (χ0) is 13.4. The van der Waals surface area contributed by atoms with Crippen LogP contribution in [0.4, 0.5) is 13.2 Å². The molecule has 0 aromatic carbocycles. The predicted molar refractivity (Wildman–Crippen MR) is 63.1 cm³/mol. The fourth-order valence-electron chi connectivity index (χ4n) is 2.25. The number of hydrogen-bond donors (Lipinski definition) is 2. The fourth-order valence-corrected chi connectivity index (χ4v) is 2.25. The molecule has 1 aliphatic rings. The van der Waals surface area contributed by atoms with Crippen LogP contribution in [-0.2, 0) is 4.79 Å². The van der Waals surface area contributed by atoms with Crippen LogP contribution in [-0.4, -0.2) is 31.7 Å². The molecular weight excluding hydrogens is 245 g/mol. The van der Waals surface area contributed by atoms with Crippen molar-refractivity contribution in [2.24, 2.45) is 5.92 Å². The third kappa shape index (κ3) is 7.53. The Morgan fingerprint density at radius 3 is 2.44 bits per heavy atom. The van der Waals surface area contributed by atoms with E-state index < -0.39 is 18.6 Å². The highest BCUT2D eigenvalue weighted by Gasteiger charge is 2.27. The molecule has 0 heterocycles. The van der Waals surface area contributed by atoms with E-state index in [1.54, 1.807) is 0 Å². The lowest BCUT2D eigenvalue weighted by Crippen LogP contribution is -2.39. The molecule has 0 spiro atoms. The van der Waals surface area contributed by atoms with Gasteiger partial charge in [0.25, 0.3) is 0 Å². The van der Waals surface area contributed by atoms with Crippen LogP contribution in [0.2, 0.25) is 0 Å². The Balaban J connectivity index is 1.98. The summed E-state index contributed by atoms with van der Waals surface area (Å²) in [6.45, 7) is -0.594. The normalized spacial score (nSPS) is 17.7. The van der Waals surface area contributed by atoms with Gasteiger partial charge in [0.1, 0.15) is 6.54 Å². The zero-order valence-electron chi connectivity index (χ0n) is 10.5. The molecule has 1 saturated carbocycles. The quantitative estimate of drug-likeness (QED) is 0.724. The summed E-state index contributed by atoms with van der Waals surface area (Å²) < 4.78 is 35.4. The first-order valence-electron chi connectivity index (χ1n) is 6.51. The molecule has 0 radical (unpaired) electrons. The van der Waals surface area contributed by atoms with E-state index in [1.165, 1.54) is 32.1 Å². The van der Waals surface area contributed by atoms with Gasteiger partial charge in [-0.3, -0.25) is 4.79 Å². The average Bonchev–Trinajstić information content (AvgIpc) is 2.33. The lowest BCUT2D eigenvalue weighted by Gasteiger charge is -2.21. The van der Waals surface area contributed by atoms with Gasteiger partial charge in [-0.1, -0.05) is 32.1 Å². The molecule has 1 fully saturated rings. The van der Waals surface area contributed by atoms with Gasteiger partial charge in [0.2, 0.25) is 5.91 Å². The minimum Gasteiger partial charge on any atom is -0.346 e. The van der Waals surface area contributed by atoms with E-state index in [9.17, 15) is 18.0 Å². The van der Waals surface area contributed by atoms with Crippen LogP contribution in [0, 0.1) is 5.92 Å². The second-order valence-corrected chi connectivity index (χ2v) is 4.86. The van der Waals surface area contributed by atoms with E-state index in [1.807, 2.05) is 5.32 Å². The third-order valence-corrected chi connectivity index (χ3v) is 3.23. The Labute approximate surface area is 106 Å². The molecule has 0 aromatic heterocycles. The minimum atomic E-state index is -4.34. The van der Waals surface area contributed by atoms with Gasteiger partial charge in [0, 0.05) is 0 Å². The maximum atomic E-state index is 11.8.